The fraction of sp³-hybridized carbons (Fsp3) is 0.176. The number of hydrogen-bond donors (Lipinski definition) is 3. The van der Waals surface area contributed by atoms with Crippen LogP contribution >= 0.6 is 11.6 Å². The summed E-state index contributed by atoms with van der Waals surface area (Å²) in [6, 6.07) is 6.63. The predicted molar refractivity (Wildman–Crippen MR) is 94.6 cm³/mol. The molecule has 1 aromatic carbocycles. The molecule has 0 saturated carbocycles. The van der Waals surface area contributed by atoms with Crippen LogP contribution in [0.4, 0.5) is 5.69 Å². The first kappa shape index (κ1) is 17.7. The smallest absolute Gasteiger partial charge is 0.358 e. The quantitative estimate of drug-likeness (QED) is 0.628. The molecule has 0 aliphatic carbocycles. The number of aromatic carboxylic acids is 1. The highest BCUT2D eigenvalue weighted by Gasteiger charge is 2.17. The normalized spacial score (nSPS) is 10.7. The fourth-order valence-corrected chi connectivity index (χ4v) is 2.60. The summed E-state index contributed by atoms with van der Waals surface area (Å²) in [5.41, 5.74) is 1.69. The van der Waals surface area contributed by atoms with E-state index in [1.807, 2.05) is 6.92 Å². The Morgan fingerprint density at radius 1 is 1.27 bits per heavy atom. The molecule has 0 radical (unpaired) electrons. The summed E-state index contributed by atoms with van der Waals surface area (Å²) >= 11 is 5.94. The molecule has 0 aliphatic heterocycles. The van der Waals surface area contributed by atoms with Crippen molar-refractivity contribution >= 4 is 29.2 Å². The Hall–Kier alpha value is -3.13. The van der Waals surface area contributed by atoms with Gasteiger partial charge in [-0.25, -0.2) is 14.8 Å². The molecule has 0 atom stereocenters. The third-order valence-electron chi connectivity index (χ3n) is 3.69. The van der Waals surface area contributed by atoms with E-state index in [9.17, 15) is 9.59 Å². The number of carbonyl (C=O) groups is 2. The number of carbonyl (C=O) groups excluding carboxylic acids is 1. The number of aromatic amines is 1. The van der Waals surface area contributed by atoms with Crippen LogP contribution in [0, 0.1) is 6.92 Å². The topological polar surface area (TPSA) is 121 Å². The number of benzene rings is 1. The summed E-state index contributed by atoms with van der Waals surface area (Å²) < 4.78 is 5.37. The zero-order valence-electron chi connectivity index (χ0n) is 14.0. The number of carboxylic acids is 1. The minimum atomic E-state index is -1.15. The monoisotopic (exact) mass is 374 g/mol. The van der Waals surface area contributed by atoms with Gasteiger partial charge in [0, 0.05) is 11.3 Å². The van der Waals surface area contributed by atoms with Crippen LogP contribution in [-0.2, 0) is 6.42 Å². The Kier molecular flexibility index (Phi) is 4.77. The number of nitrogens with one attached hydrogen (secondary N) is 2. The highest BCUT2D eigenvalue weighted by atomic mass is 35.5. The number of nitrogens with zero attached hydrogens (tertiary/aromatic N) is 2. The van der Waals surface area contributed by atoms with E-state index in [1.165, 1.54) is 6.92 Å². The lowest BCUT2D eigenvalue weighted by molar-refractivity contribution is 0.0689. The first-order valence-electron chi connectivity index (χ1n) is 7.76. The van der Waals surface area contributed by atoms with Crippen molar-refractivity contribution in [2.75, 3.05) is 5.32 Å². The number of oxazole rings is 1. The minimum Gasteiger partial charge on any atom is -0.476 e. The number of rotatable bonds is 5. The number of anilines is 1. The van der Waals surface area contributed by atoms with Crippen molar-refractivity contribution in [2.45, 2.75) is 20.3 Å². The number of carboxylic acid groups (broad SMARTS) is 1. The molecule has 0 unspecified atom stereocenters. The average molecular weight is 375 g/mol. The van der Waals surface area contributed by atoms with Crippen molar-refractivity contribution in [1.29, 1.82) is 0 Å². The summed E-state index contributed by atoms with van der Waals surface area (Å²) in [4.78, 5) is 34.1. The van der Waals surface area contributed by atoms with E-state index in [-0.39, 0.29) is 28.3 Å². The third-order valence-corrected chi connectivity index (χ3v) is 4.00. The molecule has 0 spiro atoms. The molecule has 9 heteroatoms. The Labute approximate surface area is 153 Å². The molecule has 0 aliphatic rings. The van der Waals surface area contributed by atoms with Crippen LogP contribution < -0.4 is 5.32 Å². The maximum absolute atomic E-state index is 12.2. The first-order valence-corrected chi connectivity index (χ1v) is 8.13. The van der Waals surface area contributed by atoms with E-state index < -0.39 is 11.9 Å². The van der Waals surface area contributed by atoms with Crippen LogP contribution in [0.2, 0.25) is 5.15 Å². The van der Waals surface area contributed by atoms with Crippen LogP contribution in [0.15, 0.2) is 28.7 Å². The van der Waals surface area contributed by atoms with E-state index in [2.05, 4.69) is 20.3 Å². The van der Waals surface area contributed by atoms with Gasteiger partial charge in [-0.2, -0.15) is 0 Å². The van der Waals surface area contributed by atoms with E-state index in [4.69, 9.17) is 21.1 Å². The van der Waals surface area contributed by atoms with Crippen molar-refractivity contribution in [2.24, 2.45) is 0 Å². The van der Waals surface area contributed by atoms with Gasteiger partial charge in [0.05, 0.1) is 5.69 Å². The molecule has 134 valence electrons. The highest BCUT2D eigenvalue weighted by molar-refractivity contribution is 6.30. The maximum Gasteiger partial charge on any atom is 0.358 e. The molecule has 3 N–H and O–H groups in total. The lowest BCUT2D eigenvalue weighted by Gasteiger charge is -2.03. The second kappa shape index (κ2) is 7.01. The van der Waals surface area contributed by atoms with E-state index in [0.29, 0.717) is 23.4 Å². The van der Waals surface area contributed by atoms with E-state index in [1.54, 1.807) is 24.3 Å². The molecule has 2 heterocycles. The third kappa shape index (κ3) is 3.45. The lowest BCUT2D eigenvalue weighted by Crippen LogP contribution is -2.13. The molecule has 0 bridgehead atoms. The van der Waals surface area contributed by atoms with E-state index in [0.717, 1.165) is 0 Å². The molecular weight excluding hydrogens is 360 g/mol. The van der Waals surface area contributed by atoms with Crippen LogP contribution in [0.3, 0.4) is 0 Å². The van der Waals surface area contributed by atoms with Crippen molar-refractivity contribution in [3.63, 3.8) is 0 Å². The number of halogens is 1. The standard InChI is InChI=1S/C17H15ClN4O4/c1-3-11-13(18)22-14(20-11)15(23)19-10-6-4-9(5-7-10)16-21-12(17(24)25)8(2)26-16/h4-7H,3H2,1-2H3,(H,19,23)(H,20,22)(H,24,25). The molecule has 8 nitrogen and oxygen atoms in total. The van der Waals surface area contributed by atoms with Gasteiger partial charge in [-0.1, -0.05) is 18.5 Å². The number of imidazole rings is 1. The van der Waals surface area contributed by atoms with Gasteiger partial charge in [0.25, 0.3) is 5.91 Å². The molecule has 0 fully saturated rings. The Balaban J connectivity index is 1.76. The second-order valence-corrected chi connectivity index (χ2v) is 5.83. The van der Waals surface area contributed by atoms with Crippen molar-refractivity contribution < 1.29 is 19.1 Å². The Bertz CT molecular complexity index is 975. The van der Waals surface area contributed by atoms with Gasteiger partial charge in [0.15, 0.2) is 16.7 Å². The van der Waals surface area contributed by atoms with Gasteiger partial charge in [0.1, 0.15) is 5.76 Å². The lowest BCUT2D eigenvalue weighted by atomic mass is 10.2. The maximum atomic E-state index is 12.2. The fourth-order valence-electron chi connectivity index (χ4n) is 2.33. The van der Waals surface area contributed by atoms with Crippen molar-refractivity contribution in [3.05, 3.63) is 52.4 Å². The summed E-state index contributed by atoms with van der Waals surface area (Å²) in [6.07, 6.45) is 0.641. The Morgan fingerprint density at radius 2 is 1.96 bits per heavy atom. The molecular formula is C17H15ClN4O4. The molecule has 3 aromatic rings. The molecule has 3 rings (SSSR count). The van der Waals surface area contributed by atoms with Crippen LogP contribution in [0.25, 0.3) is 11.5 Å². The van der Waals surface area contributed by atoms with Gasteiger partial charge in [0.2, 0.25) is 5.89 Å². The predicted octanol–water partition coefficient (Wildman–Crippen LogP) is 3.54. The zero-order valence-corrected chi connectivity index (χ0v) is 14.7. The summed E-state index contributed by atoms with van der Waals surface area (Å²) in [7, 11) is 0. The van der Waals surface area contributed by atoms with Gasteiger partial charge >= 0.3 is 5.97 Å². The number of hydrogen-bond acceptors (Lipinski definition) is 5. The molecule has 26 heavy (non-hydrogen) atoms. The number of aryl methyl sites for hydroxylation is 2. The first-order chi connectivity index (χ1) is 12.4. The van der Waals surface area contributed by atoms with Gasteiger partial charge < -0.3 is 19.8 Å². The number of H-pyrrole nitrogens is 1. The molecule has 2 aromatic heterocycles. The van der Waals surface area contributed by atoms with Crippen LogP contribution in [0.1, 0.15) is 39.5 Å². The largest absolute Gasteiger partial charge is 0.476 e. The highest BCUT2D eigenvalue weighted by Crippen LogP contribution is 2.23. The summed E-state index contributed by atoms with van der Waals surface area (Å²) in [5.74, 6) is -1.01. The molecule has 1 amide bonds. The number of aromatic nitrogens is 3. The zero-order chi connectivity index (χ0) is 18.8. The van der Waals surface area contributed by atoms with Crippen LogP contribution in [-0.4, -0.2) is 31.9 Å². The van der Waals surface area contributed by atoms with Crippen LogP contribution in [0.5, 0.6) is 0 Å². The SMILES string of the molecule is CCc1[nH]c(C(=O)Nc2ccc(-c3nc(C(=O)O)c(C)o3)cc2)nc1Cl. The van der Waals surface area contributed by atoms with Gasteiger partial charge in [-0.3, -0.25) is 4.79 Å². The number of amides is 1. The average Bonchev–Trinajstić information content (AvgIpc) is 3.18. The Morgan fingerprint density at radius 3 is 2.50 bits per heavy atom. The summed E-state index contributed by atoms with van der Waals surface area (Å²) in [6.45, 7) is 3.44. The van der Waals surface area contributed by atoms with Gasteiger partial charge in [-0.05, 0) is 37.6 Å². The molecule has 0 saturated heterocycles. The van der Waals surface area contributed by atoms with Crippen molar-refractivity contribution in [1.82, 2.24) is 15.0 Å². The van der Waals surface area contributed by atoms with Crippen molar-refractivity contribution in [3.8, 4) is 11.5 Å². The van der Waals surface area contributed by atoms with E-state index >= 15 is 0 Å². The van der Waals surface area contributed by atoms with Gasteiger partial charge in [-0.15, -0.1) is 0 Å². The minimum absolute atomic E-state index is 0.126. The summed E-state index contributed by atoms with van der Waals surface area (Å²) in [5, 5.41) is 12.0. The second-order valence-electron chi connectivity index (χ2n) is 5.47.